The Bertz CT molecular complexity index is 1360. The lowest BCUT2D eigenvalue weighted by Crippen LogP contribution is -2.47. The van der Waals surface area contributed by atoms with E-state index in [9.17, 15) is 29.8 Å². The molecule has 3 aromatic carbocycles. The first-order valence-corrected chi connectivity index (χ1v) is 13.9. The van der Waals surface area contributed by atoms with Crippen LogP contribution in [0, 0.1) is 20.2 Å². The van der Waals surface area contributed by atoms with E-state index < -0.39 is 39.1 Å². The molecule has 1 atom stereocenters. The van der Waals surface area contributed by atoms with Gasteiger partial charge in [-0.25, -0.2) is 5.43 Å². The van der Waals surface area contributed by atoms with Crippen molar-refractivity contribution in [1.82, 2.24) is 10.7 Å². The molecule has 2 N–H and O–H groups in total. The lowest BCUT2D eigenvalue weighted by molar-refractivity contribution is -0.394. The fraction of sp³-hybridized carbons (Fsp3) is 0.250. The highest BCUT2D eigenvalue weighted by Crippen LogP contribution is 2.23. The highest BCUT2D eigenvalue weighted by molar-refractivity contribution is 7.98. The molecule has 0 saturated heterocycles. The van der Waals surface area contributed by atoms with Gasteiger partial charge in [-0.1, -0.05) is 42.5 Å². The number of carbonyl (C=O) groups excluding carboxylic acids is 2. The van der Waals surface area contributed by atoms with Crippen molar-refractivity contribution < 1.29 is 19.4 Å². The number of nitrogens with one attached hydrogen (secondary N) is 2. The summed E-state index contributed by atoms with van der Waals surface area (Å²) < 4.78 is 0. The van der Waals surface area contributed by atoms with Crippen LogP contribution in [0.15, 0.2) is 77.9 Å². The third-order valence-electron chi connectivity index (χ3n) is 6.01. The van der Waals surface area contributed by atoms with Crippen molar-refractivity contribution >= 4 is 46.9 Å². The molecule has 0 bridgehead atoms. The van der Waals surface area contributed by atoms with Crippen LogP contribution in [0.3, 0.4) is 0 Å². The number of hydrogen-bond acceptors (Lipinski definition) is 9. The zero-order valence-corrected chi connectivity index (χ0v) is 23.4. The lowest BCUT2D eigenvalue weighted by Gasteiger charge is -2.20. The van der Waals surface area contributed by atoms with Crippen LogP contribution in [0.1, 0.15) is 35.3 Å². The lowest BCUT2D eigenvalue weighted by atomic mass is 10.1. The molecule has 3 rings (SSSR count). The number of benzene rings is 3. The number of amides is 2. The number of nitrogens with zero attached hydrogens (tertiary/aromatic N) is 4. The Morgan fingerprint density at radius 3 is 2.12 bits per heavy atom. The van der Waals surface area contributed by atoms with Crippen LogP contribution in [0.2, 0.25) is 0 Å². The second-order valence-corrected chi connectivity index (χ2v) is 9.81. The molecule has 12 nitrogen and oxygen atoms in total. The van der Waals surface area contributed by atoms with Crippen LogP contribution in [0.5, 0.6) is 0 Å². The van der Waals surface area contributed by atoms with E-state index >= 15 is 0 Å². The Balaban J connectivity index is 1.74. The van der Waals surface area contributed by atoms with E-state index in [1.165, 1.54) is 18.0 Å². The first-order valence-electron chi connectivity index (χ1n) is 12.8. The summed E-state index contributed by atoms with van der Waals surface area (Å²) in [4.78, 5) is 49.0. The summed E-state index contributed by atoms with van der Waals surface area (Å²) in [6.07, 6.45) is 1.48. The first-order chi connectivity index (χ1) is 19.7. The summed E-state index contributed by atoms with van der Waals surface area (Å²) in [5, 5.41) is 29.0. The van der Waals surface area contributed by atoms with E-state index in [1.54, 1.807) is 0 Å². The minimum atomic E-state index is -1.09. The number of rotatable bonds is 14. The Labute approximate surface area is 241 Å². The highest BCUT2D eigenvalue weighted by Gasteiger charge is 2.25. The quantitative estimate of drug-likeness (QED) is 0.160. The normalized spacial score (nSPS) is 11.6. The third kappa shape index (κ3) is 9.14. The summed E-state index contributed by atoms with van der Waals surface area (Å²) in [5.41, 5.74) is 3.73. The van der Waals surface area contributed by atoms with Gasteiger partial charge in [0.2, 0.25) is 0 Å². The zero-order chi connectivity index (χ0) is 29.8. The van der Waals surface area contributed by atoms with Crippen LogP contribution >= 0.6 is 11.8 Å². The predicted molar refractivity (Wildman–Crippen MR) is 159 cm³/mol. The second-order valence-electron chi connectivity index (χ2n) is 8.78. The molecule has 0 aliphatic heterocycles. The molecule has 0 heterocycles. The predicted octanol–water partition coefficient (Wildman–Crippen LogP) is 4.53. The van der Waals surface area contributed by atoms with Crippen LogP contribution in [0.25, 0.3) is 0 Å². The van der Waals surface area contributed by atoms with Crippen molar-refractivity contribution in [2.75, 3.05) is 23.7 Å². The van der Waals surface area contributed by atoms with Gasteiger partial charge in [0.25, 0.3) is 23.2 Å². The number of nitro benzene ring substituents is 2. The molecule has 0 aromatic heterocycles. The Morgan fingerprint density at radius 2 is 1.56 bits per heavy atom. The fourth-order valence-electron chi connectivity index (χ4n) is 3.84. The maximum atomic E-state index is 13.0. The molecule has 2 amide bonds. The Morgan fingerprint density at radius 1 is 0.951 bits per heavy atom. The molecule has 0 saturated carbocycles. The van der Waals surface area contributed by atoms with Gasteiger partial charge >= 0.3 is 0 Å². The molecule has 13 heteroatoms. The topological polar surface area (TPSA) is 160 Å². The summed E-state index contributed by atoms with van der Waals surface area (Å²) in [6.45, 7) is 5.89. The number of hydrazone groups is 1. The Hall–Kier alpha value is -4.78. The van der Waals surface area contributed by atoms with E-state index in [0.29, 0.717) is 5.75 Å². The number of hydrogen-bond donors (Lipinski definition) is 2. The van der Waals surface area contributed by atoms with Gasteiger partial charge in [0.15, 0.2) is 0 Å². The van der Waals surface area contributed by atoms with E-state index in [4.69, 9.17) is 0 Å². The molecule has 0 aliphatic rings. The average Bonchev–Trinajstić information content (AvgIpc) is 2.98. The average molecular weight is 579 g/mol. The van der Waals surface area contributed by atoms with Crippen molar-refractivity contribution in [3.63, 3.8) is 0 Å². The molecular formula is C28H30N6O6S. The maximum absolute atomic E-state index is 13.0. The standard InChI is InChI=1S/C28H30N6O6S/c1-3-32(4-2)23-12-10-20(11-13-23)17-29-31-28(36)26(19-41-18-21-8-6-5-7-9-21)30-27(35)22-14-24(33(37)38)16-25(15-22)34(39)40/h5-17,26H,3-4,18-19H2,1-2H3,(H,30,35)(H,31,36). The minimum Gasteiger partial charge on any atom is -0.372 e. The smallest absolute Gasteiger partial charge is 0.277 e. The Kier molecular flexibility index (Phi) is 11.3. The van der Waals surface area contributed by atoms with Crippen molar-refractivity contribution in [3.8, 4) is 0 Å². The van der Waals surface area contributed by atoms with Crippen molar-refractivity contribution in [1.29, 1.82) is 0 Å². The summed E-state index contributed by atoms with van der Waals surface area (Å²) in [7, 11) is 0. The molecule has 0 spiro atoms. The van der Waals surface area contributed by atoms with Gasteiger partial charge in [0.1, 0.15) is 6.04 Å². The van der Waals surface area contributed by atoms with E-state index in [2.05, 4.69) is 34.6 Å². The maximum Gasteiger partial charge on any atom is 0.277 e. The van der Waals surface area contributed by atoms with Crippen LogP contribution < -0.4 is 15.6 Å². The first kappa shape index (κ1) is 30.8. The summed E-state index contributed by atoms with van der Waals surface area (Å²) in [6, 6.07) is 18.7. The van der Waals surface area contributed by atoms with Gasteiger partial charge in [-0.05, 0) is 37.1 Å². The minimum absolute atomic E-state index is 0.150. The van der Waals surface area contributed by atoms with E-state index in [-0.39, 0.29) is 11.3 Å². The number of anilines is 1. The monoisotopic (exact) mass is 578 g/mol. The van der Waals surface area contributed by atoms with E-state index in [1.807, 2.05) is 54.6 Å². The van der Waals surface area contributed by atoms with Crippen molar-refractivity contribution in [2.45, 2.75) is 25.6 Å². The van der Waals surface area contributed by atoms with Gasteiger partial charge in [-0.2, -0.15) is 16.9 Å². The molecule has 0 radical (unpaired) electrons. The van der Waals surface area contributed by atoms with Gasteiger partial charge in [0, 0.05) is 42.4 Å². The van der Waals surface area contributed by atoms with Crippen molar-refractivity contribution in [3.05, 3.63) is 110 Å². The number of carbonyl (C=O) groups is 2. The van der Waals surface area contributed by atoms with Gasteiger partial charge < -0.3 is 10.2 Å². The van der Waals surface area contributed by atoms with E-state index in [0.717, 1.165) is 48.1 Å². The number of nitro groups is 2. The number of non-ortho nitro benzene ring substituents is 2. The SMILES string of the molecule is CCN(CC)c1ccc(C=NNC(=O)C(CSCc2ccccc2)NC(=O)c2cc([N+](=O)[O-])cc([N+](=O)[O-])c2)cc1. The molecule has 0 fully saturated rings. The second kappa shape index (κ2) is 15.1. The van der Waals surface area contributed by atoms with Gasteiger partial charge in [0.05, 0.1) is 27.7 Å². The largest absolute Gasteiger partial charge is 0.372 e. The van der Waals surface area contributed by atoms with Gasteiger partial charge in [-0.3, -0.25) is 29.8 Å². The van der Waals surface area contributed by atoms with Crippen molar-refractivity contribution in [2.24, 2.45) is 5.10 Å². The van der Waals surface area contributed by atoms with Crippen LogP contribution in [0.4, 0.5) is 17.1 Å². The zero-order valence-electron chi connectivity index (χ0n) is 22.6. The molecule has 3 aromatic rings. The molecule has 41 heavy (non-hydrogen) atoms. The van der Waals surface area contributed by atoms with Gasteiger partial charge in [-0.15, -0.1) is 0 Å². The molecule has 0 aliphatic carbocycles. The highest BCUT2D eigenvalue weighted by atomic mass is 32.2. The third-order valence-corrected chi connectivity index (χ3v) is 7.12. The molecular weight excluding hydrogens is 548 g/mol. The van der Waals surface area contributed by atoms with Crippen LogP contribution in [-0.4, -0.2) is 52.8 Å². The summed E-state index contributed by atoms with van der Waals surface area (Å²) in [5.74, 6) is -0.772. The molecule has 214 valence electrons. The van der Waals surface area contributed by atoms with Crippen LogP contribution in [-0.2, 0) is 10.5 Å². The molecule has 1 unspecified atom stereocenters. The fourth-order valence-corrected chi connectivity index (χ4v) is 4.86. The number of thioether (sulfide) groups is 1. The summed E-state index contributed by atoms with van der Waals surface area (Å²) >= 11 is 1.39.